The summed E-state index contributed by atoms with van der Waals surface area (Å²) in [4.78, 5) is 4.51. The van der Waals surface area contributed by atoms with Crippen LogP contribution in [0.15, 0.2) is 59.0 Å². The molecule has 0 bridgehead atoms. The Hall–Kier alpha value is -2.37. The van der Waals surface area contributed by atoms with Crippen LogP contribution < -0.4 is 10.2 Å². The van der Waals surface area contributed by atoms with Crippen molar-refractivity contribution in [1.82, 2.24) is 4.98 Å². The lowest BCUT2D eigenvalue weighted by Gasteiger charge is -2.02. The number of anilines is 1. The number of hydrogen-bond acceptors (Lipinski definition) is 5. The van der Waals surface area contributed by atoms with Gasteiger partial charge in [-0.25, -0.2) is 4.98 Å². The molecule has 0 aliphatic rings. The van der Waals surface area contributed by atoms with Gasteiger partial charge in [0.25, 0.3) is 0 Å². The molecular weight excluding hydrogens is 342 g/mol. The third-order valence-electron chi connectivity index (χ3n) is 3.19. The van der Waals surface area contributed by atoms with Gasteiger partial charge in [-0.1, -0.05) is 35.9 Å². The summed E-state index contributed by atoms with van der Waals surface area (Å²) in [6, 6.07) is 15.4. The van der Waals surface area contributed by atoms with Gasteiger partial charge in [0.2, 0.25) is 5.13 Å². The Morgan fingerprint density at radius 2 is 2.08 bits per heavy atom. The van der Waals surface area contributed by atoms with E-state index in [1.807, 2.05) is 60.8 Å². The highest BCUT2D eigenvalue weighted by atomic mass is 35.5. The van der Waals surface area contributed by atoms with Gasteiger partial charge in [0, 0.05) is 16.0 Å². The second-order valence-electron chi connectivity index (χ2n) is 4.92. The Balaban J connectivity index is 1.65. The minimum Gasteiger partial charge on any atom is -0.494 e. The fraction of sp³-hybridized carbons (Fsp3) is 0.111. The Kier molecular flexibility index (Phi) is 5.46. The zero-order valence-electron chi connectivity index (χ0n) is 13.1. The van der Waals surface area contributed by atoms with E-state index in [2.05, 4.69) is 15.5 Å². The molecule has 0 radical (unpaired) electrons. The number of benzene rings is 2. The van der Waals surface area contributed by atoms with Crippen LogP contribution in [0.3, 0.4) is 0 Å². The van der Waals surface area contributed by atoms with Crippen LogP contribution in [0, 0.1) is 0 Å². The topological polar surface area (TPSA) is 46.5 Å². The monoisotopic (exact) mass is 357 g/mol. The molecule has 0 aliphatic heterocycles. The first-order valence-electron chi connectivity index (χ1n) is 7.48. The number of rotatable bonds is 6. The highest BCUT2D eigenvalue weighted by Gasteiger charge is 2.03. The first-order valence-corrected chi connectivity index (χ1v) is 8.74. The molecule has 1 aromatic heterocycles. The average Bonchev–Trinajstić information content (AvgIpc) is 3.05. The zero-order valence-corrected chi connectivity index (χ0v) is 14.6. The first-order chi connectivity index (χ1) is 11.7. The maximum atomic E-state index is 5.90. The number of halogens is 1. The lowest BCUT2D eigenvalue weighted by Crippen LogP contribution is -1.93. The SMILES string of the molecule is CCOc1cccc(/C=N\Nc2nc(-c3ccc(Cl)cc3)cs2)c1. The maximum Gasteiger partial charge on any atom is 0.203 e. The van der Waals surface area contributed by atoms with Gasteiger partial charge >= 0.3 is 0 Å². The summed E-state index contributed by atoms with van der Waals surface area (Å²) < 4.78 is 5.47. The summed E-state index contributed by atoms with van der Waals surface area (Å²) in [7, 11) is 0. The molecule has 1 N–H and O–H groups in total. The molecule has 0 saturated heterocycles. The Bertz CT molecular complexity index is 830. The molecule has 3 aromatic rings. The van der Waals surface area contributed by atoms with E-state index in [9.17, 15) is 0 Å². The fourth-order valence-corrected chi connectivity index (χ4v) is 2.89. The average molecular weight is 358 g/mol. The van der Waals surface area contributed by atoms with E-state index in [-0.39, 0.29) is 0 Å². The molecule has 1 heterocycles. The molecule has 122 valence electrons. The van der Waals surface area contributed by atoms with E-state index in [1.165, 1.54) is 11.3 Å². The third-order valence-corrected chi connectivity index (χ3v) is 4.19. The quantitative estimate of drug-likeness (QED) is 0.480. The first kappa shape index (κ1) is 16.5. The van der Waals surface area contributed by atoms with Crippen molar-refractivity contribution in [3.8, 4) is 17.0 Å². The largest absolute Gasteiger partial charge is 0.494 e. The third kappa shape index (κ3) is 4.34. The summed E-state index contributed by atoms with van der Waals surface area (Å²) in [5, 5.41) is 7.66. The number of aromatic nitrogens is 1. The molecule has 0 unspecified atom stereocenters. The standard InChI is InChI=1S/C18H16ClN3OS/c1-2-23-16-5-3-4-13(10-16)11-20-22-18-21-17(12-24-18)14-6-8-15(19)9-7-14/h3-12H,2H2,1H3,(H,21,22)/b20-11-. The van der Waals surface area contributed by atoms with E-state index in [0.29, 0.717) is 11.6 Å². The van der Waals surface area contributed by atoms with Crippen molar-refractivity contribution in [2.24, 2.45) is 5.10 Å². The van der Waals surface area contributed by atoms with Gasteiger partial charge < -0.3 is 4.74 Å². The molecule has 0 aliphatic carbocycles. The van der Waals surface area contributed by atoms with Gasteiger partial charge in [-0.2, -0.15) is 5.10 Å². The Labute approximate surface area is 149 Å². The van der Waals surface area contributed by atoms with Crippen LogP contribution in [0.1, 0.15) is 12.5 Å². The summed E-state index contributed by atoms with van der Waals surface area (Å²) in [6.45, 7) is 2.61. The minimum atomic E-state index is 0.644. The van der Waals surface area contributed by atoms with Crippen molar-refractivity contribution in [2.45, 2.75) is 6.92 Å². The van der Waals surface area contributed by atoms with E-state index < -0.39 is 0 Å². The van der Waals surface area contributed by atoms with Crippen LogP contribution in [0.2, 0.25) is 5.02 Å². The second kappa shape index (κ2) is 7.95. The van der Waals surface area contributed by atoms with Gasteiger partial charge in [-0.3, -0.25) is 5.43 Å². The lowest BCUT2D eigenvalue weighted by molar-refractivity contribution is 0.340. The molecule has 6 heteroatoms. The van der Waals surface area contributed by atoms with Crippen molar-refractivity contribution in [3.05, 3.63) is 64.5 Å². The van der Waals surface area contributed by atoms with Crippen LogP contribution in [0.25, 0.3) is 11.3 Å². The predicted molar refractivity (Wildman–Crippen MR) is 101 cm³/mol. The summed E-state index contributed by atoms with van der Waals surface area (Å²) in [5.74, 6) is 0.834. The van der Waals surface area contributed by atoms with Crippen LogP contribution in [0.4, 0.5) is 5.13 Å². The van der Waals surface area contributed by atoms with Crippen molar-refractivity contribution in [2.75, 3.05) is 12.0 Å². The highest BCUT2D eigenvalue weighted by Crippen LogP contribution is 2.25. The molecule has 0 spiro atoms. The molecule has 2 aromatic carbocycles. The number of nitrogens with one attached hydrogen (secondary N) is 1. The van der Waals surface area contributed by atoms with E-state index in [4.69, 9.17) is 16.3 Å². The van der Waals surface area contributed by atoms with Crippen LogP contribution in [0.5, 0.6) is 5.75 Å². The molecule has 0 saturated carbocycles. The van der Waals surface area contributed by atoms with Gasteiger partial charge in [0.15, 0.2) is 0 Å². The number of hydrazone groups is 1. The van der Waals surface area contributed by atoms with Gasteiger partial charge in [-0.15, -0.1) is 11.3 Å². The maximum absolute atomic E-state index is 5.90. The predicted octanol–water partition coefficient (Wildman–Crippen LogP) is 5.31. The lowest BCUT2D eigenvalue weighted by atomic mass is 10.2. The highest BCUT2D eigenvalue weighted by molar-refractivity contribution is 7.14. The number of hydrogen-bond donors (Lipinski definition) is 1. The van der Waals surface area contributed by atoms with Gasteiger partial charge in [0.1, 0.15) is 5.75 Å². The van der Waals surface area contributed by atoms with Crippen molar-refractivity contribution in [1.29, 1.82) is 0 Å². The number of ether oxygens (including phenoxy) is 1. The van der Waals surface area contributed by atoms with Crippen molar-refractivity contribution >= 4 is 34.3 Å². The molecule has 0 atom stereocenters. The summed E-state index contributed by atoms with van der Waals surface area (Å²) in [5.41, 5.74) is 5.84. The van der Waals surface area contributed by atoms with Crippen molar-refractivity contribution < 1.29 is 4.74 Å². The van der Waals surface area contributed by atoms with Crippen LogP contribution >= 0.6 is 22.9 Å². The molecule has 0 fully saturated rings. The van der Waals surface area contributed by atoms with Gasteiger partial charge in [0.05, 0.1) is 18.5 Å². The number of nitrogens with zero attached hydrogens (tertiary/aromatic N) is 2. The number of thiazole rings is 1. The molecule has 4 nitrogen and oxygen atoms in total. The van der Waals surface area contributed by atoms with E-state index >= 15 is 0 Å². The van der Waals surface area contributed by atoms with Crippen molar-refractivity contribution in [3.63, 3.8) is 0 Å². The normalized spacial score (nSPS) is 10.9. The van der Waals surface area contributed by atoms with E-state index in [1.54, 1.807) is 6.21 Å². The Morgan fingerprint density at radius 3 is 2.88 bits per heavy atom. The summed E-state index contributed by atoms with van der Waals surface area (Å²) in [6.07, 6.45) is 1.74. The van der Waals surface area contributed by atoms with E-state index in [0.717, 1.165) is 27.7 Å². The van der Waals surface area contributed by atoms with Gasteiger partial charge in [-0.05, 0) is 36.8 Å². The van der Waals surface area contributed by atoms with Crippen LogP contribution in [-0.2, 0) is 0 Å². The molecule has 0 amide bonds. The van der Waals surface area contributed by atoms with Crippen LogP contribution in [-0.4, -0.2) is 17.8 Å². The molecule has 3 rings (SSSR count). The summed E-state index contributed by atoms with van der Waals surface area (Å²) >= 11 is 7.41. The Morgan fingerprint density at radius 1 is 1.25 bits per heavy atom. The molecular formula is C18H16ClN3OS. The molecule has 24 heavy (non-hydrogen) atoms. The minimum absolute atomic E-state index is 0.644. The second-order valence-corrected chi connectivity index (χ2v) is 6.21. The zero-order chi connectivity index (χ0) is 16.8. The fourth-order valence-electron chi connectivity index (χ4n) is 2.09. The smallest absolute Gasteiger partial charge is 0.203 e.